The van der Waals surface area contributed by atoms with Gasteiger partial charge in [-0.1, -0.05) is 6.07 Å². The van der Waals surface area contributed by atoms with E-state index in [-0.39, 0.29) is 5.78 Å². The smallest absolute Gasteiger partial charge is 0.203 e. The molecule has 3 heterocycles. The van der Waals surface area contributed by atoms with Gasteiger partial charge in [0.2, 0.25) is 5.16 Å². The number of hydrogen-bond acceptors (Lipinski definition) is 5. The third-order valence-electron chi connectivity index (χ3n) is 2.40. The second-order valence-electron chi connectivity index (χ2n) is 3.69. The van der Waals surface area contributed by atoms with E-state index in [9.17, 15) is 4.79 Å². The van der Waals surface area contributed by atoms with Crippen LogP contribution in [0, 0.1) is 0 Å². The first kappa shape index (κ1) is 11.0. The number of ketones is 1. The van der Waals surface area contributed by atoms with Gasteiger partial charge in [-0.3, -0.25) is 9.20 Å². The van der Waals surface area contributed by atoms with Gasteiger partial charge in [-0.05, 0) is 36.0 Å². The molecule has 0 aliphatic rings. The van der Waals surface area contributed by atoms with E-state index in [1.165, 1.54) is 18.7 Å². The van der Waals surface area contributed by atoms with Gasteiger partial charge >= 0.3 is 0 Å². The van der Waals surface area contributed by atoms with E-state index in [0.29, 0.717) is 16.0 Å². The average Bonchev–Trinajstić information content (AvgIpc) is 2.98. The number of hydrogen-bond donors (Lipinski definition) is 0. The summed E-state index contributed by atoms with van der Waals surface area (Å²) in [6.07, 6.45) is 1.88. The molecule has 3 rings (SSSR count). The number of carbonyl (C=O) groups excluding carboxylic acids is 1. The molecule has 0 atom stereocenters. The maximum absolute atomic E-state index is 11.1. The molecule has 5 nitrogen and oxygen atoms in total. The highest BCUT2D eigenvalue weighted by atomic mass is 32.2. The van der Waals surface area contributed by atoms with Crippen LogP contribution in [-0.2, 0) is 0 Å². The van der Waals surface area contributed by atoms with Crippen molar-refractivity contribution in [3.8, 4) is 0 Å². The van der Waals surface area contributed by atoms with Crippen LogP contribution in [0.2, 0.25) is 0 Å². The fourth-order valence-electron chi connectivity index (χ4n) is 1.54. The minimum absolute atomic E-state index is 0.0899. The minimum Gasteiger partial charge on any atom is -0.446 e. The zero-order valence-electron chi connectivity index (χ0n) is 9.53. The quantitative estimate of drug-likeness (QED) is 0.677. The van der Waals surface area contributed by atoms with Crippen LogP contribution in [0.5, 0.6) is 0 Å². The number of nitrogens with zero attached hydrogens (tertiary/aromatic N) is 3. The molecule has 0 aliphatic carbocycles. The van der Waals surface area contributed by atoms with E-state index >= 15 is 0 Å². The second-order valence-corrected chi connectivity index (χ2v) is 4.66. The third kappa shape index (κ3) is 1.91. The number of fused-ring (bicyclic) bond motifs is 1. The lowest BCUT2D eigenvalue weighted by Gasteiger charge is -1.96. The monoisotopic (exact) mass is 259 g/mol. The summed E-state index contributed by atoms with van der Waals surface area (Å²) < 4.78 is 7.26. The van der Waals surface area contributed by atoms with E-state index in [1.807, 2.05) is 28.8 Å². The Balaban J connectivity index is 1.93. The van der Waals surface area contributed by atoms with Gasteiger partial charge in [0, 0.05) is 13.1 Å². The van der Waals surface area contributed by atoms with E-state index < -0.39 is 0 Å². The molecule has 0 unspecified atom stereocenters. The van der Waals surface area contributed by atoms with Crippen molar-refractivity contribution in [2.45, 2.75) is 17.2 Å². The highest BCUT2D eigenvalue weighted by Crippen LogP contribution is 2.28. The van der Waals surface area contributed by atoms with Gasteiger partial charge in [-0.2, -0.15) is 0 Å². The van der Waals surface area contributed by atoms with Crippen LogP contribution in [0.3, 0.4) is 0 Å². The Hall–Kier alpha value is -2.08. The summed E-state index contributed by atoms with van der Waals surface area (Å²) in [5, 5.41) is 9.44. The summed E-state index contributed by atoms with van der Waals surface area (Å²) in [5.74, 6) is 0.263. The molecular formula is C12H9N3O2S. The zero-order chi connectivity index (χ0) is 12.5. The number of furan rings is 1. The van der Waals surface area contributed by atoms with Crippen molar-refractivity contribution in [2.75, 3.05) is 0 Å². The van der Waals surface area contributed by atoms with Crippen LogP contribution in [-0.4, -0.2) is 20.4 Å². The number of Topliss-reactive ketones (excluding diaryl/α,β-unsaturated/α-hetero) is 1. The molecule has 0 amide bonds. The summed E-state index contributed by atoms with van der Waals surface area (Å²) in [6.45, 7) is 1.47. The first-order chi connectivity index (χ1) is 8.74. The first-order valence-corrected chi connectivity index (χ1v) is 6.14. The van der Waals surface area contributed by atoms with Gasteiger partial charge in [0.05, 0.1) is 0 Å². The lowest BCUT2D eigenvalue weighted by atomic mass is 10.3. The molecule has 3 aromatic heterocycles. The Morgan fingerprint density at radius 3 is 2.94 bits per heavy atom. The molecule has 6 heteroatoms. The van der Waals surface area contributed by atoms with E-state index in [4.69, 9.17) is 4.42 Å². The second kappa shape index (κ2) is 4.30. The zero-order valence-corrected chi connectivity index (χ0v) is 10.3. The Kier molecular flexibility index (Phi) is 2.64. The van der Waals surface area contributed by atoms with Crippen molar-refractivity contribution in [3.05, 3.63) is 42.3 Å². The van der Waals surface area contributed by atoms with Gasteiger partial charge in [-0.15, -0.1) is 10.2 Å². The maximum Gasteiger partial charge on any atom is 0.203 e. The van der Waals surface area contributed by atoms with Crippen molar-refractivity contribution in [2.24, 2.45) is 0 Å². The average molecular weight is 259 g/mol. The Morgan fingerprint density at radius 1 is 1.28 bits per heavy atom. The molecule has 0 saturated carbocycles. The SMILES string of the molecule is CC(=O)c1ccc(Sc2nnc3ccccn23)o1. The van der Waals surface area contributed by atoms with Gasteiger partial charge in [0.25, 0.3) is 0 Å². The number of carbonyl (C=O) groups is 1. The molecule has 18 heavy (non-hydrogen) atoms. The summed E-state index contributed by atoms with van der Waals surface area (Å²) in [6, 6.07) is 9.10. The molecule has 0 aliphatic heterocycles. The Labute approximate surface area is 107 Å². The van der Waals surface area contributed by atoms with E-state index in [1.54, 1.807) is 12.1 Å². The number of aromatic nitrogens is 3. The van der Waals surface area contributed by atoms with Crippen LogP contribution in [0.15, 0.2) is 51.2 Å². The van der Waals surface area contributed by atoms with E-state index in [2.05, 4.69) is 10.2 Å². The Morgan fingerprint density at radius 2 is 2.17 bits per heavy atom. The van der Waals surface area contributed by atoms with Crippen molar-refractivity contribution in [1.29, 1.82) is 0 Å². The lowest BCUT2D eigenvalue weighted by molar-refractivity contribution is 0.0982. The summed E-state index contributed by atoms with van der Waals surface area (Å²) >= 11 is 1.33. The molecular weight excluding hydrogens is 250 g/mol. The summed E-state index contributed by atoms with van der Waals surface area (Å²) in [4.78, 5) is 11.1. The van der Waals surface area contributed by atoms with Gasteiger partial charge in [-0.25, -0.2) is 0 Å². The van der Waals surface area contributed by atoms with Crippen LogP contribution in [0.25, 0.3) is 5.65 Å². The largest absolute Gasteiger partial charge is 0.446 e. The Bertz CT molecular complexity index is 717. The lowest BCUT2D eigenvalue weighted by Crippen LogP contribution is -1.86. The van der Waals surface area contributed by atoms with Crippen molar-refractivity contribution in [3.63, 3.8) is 0 Å². The maximum atomic E-state index is 11.1. The number of rotatable bonds is 3. The molecule has 0 spiro atoms. The van der Waals surface area contributed by atoms with Gasteiger partial charge < -0.3 is 4.42 Å². The normalized spacial score (nSPS) is 10.9. The van der Waals surface area contributed by atoms with Gasteiger partial charge in [0.1, 0.15) is 0 Å². The van der Waals surface area contributed by atoms with Crippen LogP contribution < -0.4 is 0 Å². The topological polar surface area (TPSA) is 60.4 Å². The fraction of sp³-hybridized carbons (Fsp3) is 0.0833. The highest BCUT2D eigenvalue weighted by molar-refractivity contribution is 7.99. The predicted octanol–water partition coefficient (Wildman–Crippen LogP) is 2.68. The van der Waals surface area contributed by atoms with Crippen molar-refractivity contribution < 1.29 is 9.21 Å². The third-order valence-corrected chi connectivity index (χ3v) is 3.28. The molecule has 0 aromatic carbocycles. The molecule has 3 aromatic rings. The first-order valence-electron chi connectivity index (χ1n) is 5.32. The molecule has 0 radical (unpaired) electrons. The highest BCUT2D eigenvalue weighted by Gasteiger charge is 2.11. The fourth-order valence-corrected chi connectivity index (χ4v) is 2.33. The van der Waals surface area contributed by atoms with Crippen molar-refractivity contribution >= 4 is 23.2 Å². The molecule has 0 saturated heterocycles. The van der Waals surface area contributed by atoms with Crippen LogP contribution in [0.4, 0.5) is 0 Å². The summed E-state index contributed by atoms with van der Waals surface area (Å²) in [7, 11) is 0. The number of pyridine rings is 1. The molecule has 0 N–H and O–H groups in total. The summed E-state index contributed by atoms with van der Waals surface area (Å²) in [5.41, 5.74) is 0.776. The minimum atomic E-state index is -0.0899. The standard InChI is InChI=1S/C12H9N3O2S/c1-8(16)9-5-6-11(17-9)18-12-14-13-10-4-2-3-7-15(10)12/h2-7H,1H3. The van der Waals surface area contributed by atoms with E-state index in [0.717, 1.165) is 5.65 Å². The van der Waals surface area contributed by atoms with Crippen molar-refractivity contribution in [1.82, 2.24) is 14.6 Å². The molecule has 90 valence electrons. The van der Waals surface area contributed by atoms with Crippen LogP contribution in [0.1, 0.15) is 17.5 Å². The molecule has 0 bridgehead atoms. The van der Waals surface area contributed by atoms with Gasteiger partial charge in [0.15, 0.2) is 22.3 Å². The predicted molar refractivity (Wildman–Crippen MR) is 65.8 cm³/mol. The van der Waals surface area contributed by atoms with Crippen LogP contribution >= 0.6 is 11.8 Å². The molecule has 0 fully saturated rings.